The molecular weight excluding hydrogens is 556 g/mol. The number of rotatable bonds is 12. The Hall–Kier alpha value is -3.89. The van der Waals surface area contributed by atoms with Gasteiger partial charge in [0.25, 0.3) is 0 Å². The average Bonchev–Trinajstić information content (AvgIpc) is 3.56. The van der Waals surface area contributed by atoms with Crippen LogP contribution in [0.1, 0.15) is 60.1 Å². The Labute approximate surface area is 248 Å². The van der Waals surface area contributed by atoms with Crippen molar-refractivity contribution in [1.82, 2.24) is 14.8 Å². The first-order valence-electron chi connectivity index (χ1n) is 13.2. The lowest BCUT2D eigenvalue weighted by Crippen LogP contribution is -2.17. The Morgan fingerprint density at radius 1 is 1.10 bits per heavy atom. The van der Waals surface area contributed by atoms with Gasteiger partial charge in [-0.1, -0.05) is 73.6 Å². The van der Waals surface area contributed by atoms with Crippen molar-refractivity contribution in [1.29, 1.82) is 0 Å². The van der Waals surface area contributed by atoms with Crippen LogP contribution in [-0.4, -0.2) is 39.5 Å². The fourth-order valence-corrected chi connectivity index (χ4v) is 5.92. The highest BCUT2D eigenvalue weighted by Crippen LogP contribution is 2.36. The van der Waals surface area contributed by atoms with E-state index in [0.717, 1.165) is 16.9 Å². The Kier molecular flexibility index (Phi) is 10.0. The molecule has 0 aliphatic heterocycles. The molecular formula is C31H34N4O4S2. The lowest BCUT2D eigenvalue weighted by atomic mass is 10.0. The third kappa shape index (κ3) is 7.25. The number of hydrogen-bond acceptors (Lipinski definition) is 8. The van der Waals surface area contributed by atoms with E-state index >= 15 is 0 Å². The van der Waals surface area contributed by atoms with Gasteiger partial charge >= 0.3 is 5.97 Å². The number of methoxy groups -OCH3 is 1. The maximum atomic E-state index is 13.0. The van der Waals surface area contributed by atoms with E-state index < -0.39 is 5.97 Å². The van der Waals surface area contributed by atoms with Gasteiger partial charge < -0.3 is 14.8 Å². The SMILES string of the molecule is C=CCn1c(SCC(=O)Nc2scc(-c3ccc(C)cc3)c2C(=O)OC)nnc1C(C)Oc1ccc(C(C)C)cc1. The summed E-state index contributed by atoms with van der Waals surface area (Å²) in [4.78, 5) is 25.6. The van der Waals surface area contributed by atoms with Crippen LogP contribution >= 0.6 is 23.1 Å². The zero-order valence-corrected chi connectivity index (χ0v) is 25.5. The standard InChI is InChI=1S/C31H34N4O4S2/c1-7-16-35-28(21(5)39-24-14-12-22(13-15-24)19(2)3)33-34-31(35)41-18-26(36)32-29-27(30(37)38-6)25(17-40-29)23-10-8-20(4)9-11-23/h7-15,17,19,21H,1,16,18H2,2-6H3,(H,32,36). The number of hydrogen-bond donors (Lipinski definition) is 1. The summed E-state index contributed by atoms with van der Waals surface area (Å²) < 4.78 is 13.1. The first kappa shape index (κ1) is 30.1. The van der Waals surface area contributed by atoms with E-state index in [-0.39, 0.29) is 17.8 Å². The lowest BCUT2D eigenvalue weighted by molar-refractivity contribution is -0.113. The molecule has 0 bridgehead atoms. The molecule has 2 aromatic carbocycles. The van der Waals surface area contributed by atoms with Gasteiger partial charge in [0.2, 0.25) is 5.91 Å². The normalized spacial score (nSPS) is 11.8. The summed E-state index contributed by atoms with van der Waals surface area (Å²) in [7, 11) is 1.33. The first-order valence-corrected chi connectivity index (χ1v) is 15.1. The smallest absolute Gasteiger partial charge is 0.341 e. The Bertz CT molecular complexity index is 1510. The van der Waals surface area contributed by atoms with Crippen molar-refractivity contribution in [3.63, 3.8) is 0 Å². The molecule has 8 nitrogen and oxygen atoms in total. The molecule has 1 N–H and O–H groups in total. The number of thioether (sulfide) groups is 1. The highest BCUT2D eigenvalue weighted by molar-refractivity contribution is 7.99. The van der Waals surface area contributed by atoms with E-state index in [1.54, 1.807) is 6.08 Å². The maximum Gasteiger partial charge on any atom is 0.341 e. The van der Waals surface area contributed by atoms with Gasteiger partial charge in [-0.25, -0.2) is 4.79 Å². The van der Waals surface area contributed by atoms with Crippen LogP contribution in [0.25, 0.3) is 11.1 Å². The lowest BCUT2D eigenvalue weighted by Gasteiger charge is -2.16. The summed E-state index contributed by atoms with van der Waals surface area (Å²) in [6.07, 6.45) is 1.38. The molecule has 0 aliphatic rings. The van der Waals surface area contributed by atoms with Crippen molar-refractivity contribution < 1.29 is 19.1 Å². The second-order valence-electron chi connectivity index (χ2n) is 9.77. The van der Waals surface area contributed by atoms with Crippen LogP contribution in [0, 0.1) is 6.92 Å². The fourth-order valence-electron chi connectivity index (χ4n) is 4.19. The summed E-state index contributed by atoms with van der Waals surface area (Å²) in [6, 6.07) is 15.9. The zero-order valence-electron chi connectivity index (χ0n) is 23.8. The van der Waals surface area contributed by atoms with Gasteiger partial charge in [-0.05, 0) is 43.0 Å². The molecule has 0 aliphatic carbocycles. The molecule has 4 rings (SSSR count). The van der Waals surface area contributed by atoms with Crippen molar-refractivity contribution in [3.8, 4) is 16.9 Å². The van der Waals surface area contributed by atoms with Crippen LogP contribution in [0.2, 0.25) is 0 Å². The van der Waals surface area contributed by atoms with E-state index in [0.29, 0.717) is 39.6 Å². The summed E-state index contributed by atoms with van der Waals surface area (Å²) in [6.45, 7) is 12.5. The molecule has 0 spiro atoms. The Morgan fingerprint density at radius 3 is 2.44 bits per heavy atom. The van der Waals surface area contributed by atoms with Crippen molar-refractivity contribution in [2.75, 3.05) is 18.2 Å². The number of anilines is 1. The van der Waals surface area contributed by atoms with E-state index in [9.17, 15) is 9.59 Å². The van der Waals surface area contributed by atoms with Gasteiger partial charge in [0.1, 0.15) is 16.3 Å². The third-order valence-electron chi connectivity index (χ3n) is 6.41. The minimum absolute atomic E-state index is 0.0690. The van der Waals surface area contributed by atoms with Gasteiger partial charge in [0.15, 0.2) is 17.1 Å². The zero-order chi connectivity index (χ0) is 29.5. The number of nitrogens with one attached hydrogen (secondary N) is 1. The average molecular weight is 591 g/mol. The van der Waals surface area contributed by atoms with E-state index in [1.807, 2.05) is 60.2 Å². The molecule has 1 atom stereocenters. The van der Waals surface area contributed by atoms with Crippen molar-refractivity contribution in [3.05, 3.63) is 89.1 Å². The number of benzene rings is 2. The topological polar surface area (TPSA) is 95.3 Å². The number of nitrogens with zero attached hydrogens (tertiary/aromatic N) is 3. The van der Waals surface area contributed by atoms with Gasteiger partial charge in [0.05, 0.1) is 12.9 Å². The molecule has 0 radical (unpaired) electrons. The molecule has 4 aromatic rings. The highest BCUT2D eigenvalue weighted by Gasteiger charge is 2.24. The summed E-state index contributed by atoms with van der Waals surface area (Å²) in [5.74, 6) is 1.10. The fraction of sp³-hybridized carbons (Fsp3) is 0.290. The number of thiophene rings is 1. The third-order valence-corrected chi connectivity index (χ3v) is 8.27. The number of amides is 1. The Morgan fingerprint density at radius 2 is 1.80 bits per heavy atom. The summed E-state index contributed by atoms with van der Waals surface area (Å²) >= 11 is 2.54. The van der Waals surface area contributed by atoms with Crippen LogP contribution in [-0.2, 0) is 16.1 Å². The molecule has 10 heteroatoms. The molecule has 1 unspecified atom stereocenters. The number of esters is 1. The van der Waals surface area contributed by atoms with E-state index in [2.05, 4.69) is 48.1 Å². The van der Waals surface area contributed by atoms with Crippen molar-refractivity contribution in [2.45, 2.75) is 51.4 Å². The number of aromatic nitrogens is 3. The maximum absolute atomic E-state index is 13.0. The highest BCUT2D eigenvalue weighted by atomic mass is 32.2. The van der Waals surface area contributed by atoms with Crippen molar-refractivity contribution >= 4 is 40.0 Å². The number of allylic oxidation sites excluding steroid dienone is 1. The predicted molar refractivity (Wildman–Crippen MR) is 165 cm³/mol. The predicted octanol–water partition coefficient (Wildman–Crippen LogP) is 7.28. The molecule has 214 valence electrons. The van der Waals surface area contributed by atoms with Crippen LogP contribution in [0.5, 0.6) is 5.75 Å². The molecule has 0 fully saturated rings. The van der Waals surface area contributed by atoms with Crippen LogP contribution in [0.3, 0.4) is 0 Å². The molecule has 0 saturated carbocycles. The molecule has 1 amide bonds. The minimum Gasteiger partial charge on any atom is -0.483 e. The monoisotopic (exact) mass is 590 g/mol. The molecule has 2 heterocycles. The second kappa shape index (κ2) is 13.6. The van der Waals surface area contributed by atoms with Crippen LogP contribution in [0.4, 0.5) is 5.00 Å². The van der Waals surface area contributed by atoms with Crippen molar-refractivity contribution in [2.24, 2.45) is 0 Å². The van der Waals surface area contributed by atoms with E-state index in [1.165, 1.54) is 35.8 Å². The number of aryl methyl sites for hydroxylation is 1. The number of carbonyl (C=O) groups is 2. The van der Waals surface area contributed by atoms with E-state index in [4.69, 9.17) is 9.47 Å². The molecule has 41 heavy (non-hydrogen) atoms. The van der Waals surface area contributed by atoms with Gasteiger partial charge in [-0.2, -0.15) is 0 Å². The summed E-state index contributed by atoms with van der Waals surface area (Å²) in [5, 5.41) is 14.4. The Balaban J connectivity index is 1.46. The summed E-state index contributed by atoms with van der Waals surface area (Å²) in [5.41, 5.74) is 4.28. The quantitative estimate of drug-likeness (QED) is 0.105. The number of ether oxygens (including phenoxy) is 2. The second-order valence-corrected chi connectivity index (χ2v) is 11.6. The first-order chi connectivity index (χ1) is 19.7. The minimum atomic E-state index is -0.507. The van der Waals surface area contributed by atoms with Crippen LogP contribution < -0.4 is 10.1 Å². The van der Waals surface area contributed by atoms with Crippen LogP contribution in [0.15, 0.2) is 71.7 Å². The molecule has 2 aromatic heterocycles. The van der Waals surface area contributed by atoms with Gasteiger partial charge in [0, 0.05) is 17.5 Å². The number of carbonyl (C=O) groups excluding carboxylic acids is 2. The molecule has 0 saturated heterocycles. The van der Waals surface area contributed by atoms with Gasteiger partial charge in [-0.3, -0.25) is 9.36 Å². The van der Waals surface area contributed by atoms with Gasteiger partial charge in [-0.15, -0.1) is 28.1 Å². The largest absolute Gasteiger partial charge is 0.483 e.